The Balaban J connectivity index is 2.33. The smallest absolute Gasteiger partial charge is 0.229 e. The van der Waals surface area contributed by atoms with E-state index in [-0.39, 0.29) is 29.1 Å². The van der Waals surface area contributed by atoms with Crippen molar-refractivity contribution in [2.24, 2.45) is 5.14 Å². The molecule has 2 heterocycles. The van der Waals surface area contributed by atoms with Crippen molar-refractivity contribution in [2.75, 3.05) is 11.4 Å². The third-order valence-corrected chi connectivity index (χ3v) is 4.17. The lowest BCUT2D eigenvalue weighted by molar-refractivity contribution is -0.117. The van der Waals surface area contributed by atoms with Crippen molar-refractivity contribution in [2.45, 2.75) is 11.7 Å². The Morgan fingerprint density at radius 1 is 1.44 bits per heavy atom. The summed E-state index contributed by atoms with van der Waals surface area (Å²) in [5, 5.41) is 4.07. The number of aromatic nitrogens is 2. The summed E-state index contributed by atoms with van der Waals surface area (Å²) in [6.07, 6.45) is 1.03. The number of hydrogen-bond donors (Lipinski definition) is 1. The van der Waals surface area contributed by atoms with Gasteiger partial charge in [-0.1, -0.05) is 23.2 Å². The minimum absolute atomic E-state index is 0.0640. The van der Waals surface area contributed by atoms with E-state index in [1.54, 1.807) is 0 Å². The van der Waals surface area contributed by atoms with E-state index in [1.807, 2.05) is 0 Å². The minimum Gasteiger partial charge on any atom is -0.293 e. The summed E-state index contributed by atoms with van der Waals surface area (Å²) < 4.78 is 22.4. The lowest BCUT2D eigenvalue weighted by Gasteiger charge is -2.15. The molecule has 98 valence electrons. The maximum atomic E-state index is 11.7. The Kier molecular flexibility index (Phi) is 3.45. The average Bonchev–Trinajstić information content (AvgIpc) is 2.60. The second kappa shape index (κ2) is 4.61. The van der Waals surface area contributed by atoms with Crippen molar-refractivity contribution in [3.8, 4) is 0 Å². The van der Waals surface area contributed by atoms with Crippen LogP contribution in [-0.2, 0) is 14.8 Å². The second-order valence-corrected chi connectivity index (χ2v) is 6.32. The molecule has 0 bridgehead atoms. The van der Waals surface area contributed by atoms with Crippen LogP contribution in [0.3, 0.4) is 0 Å². The first-order valence-electron chi connectivity index (χ1n) is 4.79. The van der Waals surface area contributed by atoms with Crippen molar-refractivity contribution in [3.05, 3.63) is 16.5 Å². The van der Waals surface area contributed by atoms with E-state index in [0.717, 1.165) is 4.90 Å². The molecule has 0 aliphatic carbocycles. The maximum Gasteiger partial charge on any atom is 0.229 e. The Morgan fingerprint density at radius 3 is 2.61 bits per heavy atom. The van der Waals surface area contributed by atoms with Gasteiger partial charge >= 0.3 is 0 Å². The molecular formula is C8H8Cl2N4O3S. The summed E-state index contributed by atoms with van der Waals surface area (Å²) in [7, 11) is -3.78. The zero-order valence-corrected chi connectivity index (χ0v) is 11.2. The fourth-order valence-electron chi connectivity index (χ4n) is 1.62. The summed E-state index contributed by atoms with van der Waals surface area (Å²) >= 11 is 11.4. The molecule has 0 spiro atoms. The quantitative estimate of drug-likeness (QED) is 0.838. The van der Waals surface area contributed by atoms with Gasteiger partial charge < -0.3 is 0 Å². The summed E-state index contributed by atoms with van der Waals surface area (Å²) in [5.41, 5.74) is 0. The standard InChI is InChI=1S/C8H8Cl2N4O3S/c9-5-2-12-8(7(10)13-5)14-3-4(1-6(14)15)18(11,16)17/h2,4H,1,3H2,(H2,11,16,17). The molecule has 1 atom stereocenters. The first kappa shape index (κ1) is 13.5. The largest absolute Gasteiger partial charge is 0.293 e. The Hall–Kier alpha value is -0.960. The van der Waals surface area contributed by atoms with E-state index in [9.17, 15) is 13.2 Å². The Bertz CT molecular complexity index is 606. The van der Waals surface area contributed by atoms with Gasteiger partial charge in [-0.15, -0.1) is 0 Å². The van der Waals surface area contributed by atoms with Gasteiger partial charge in [0.05, 0.1) is 6.20 Å². The zero-order valence-electron chi connectivity index (χ0n) is 8.88. The molecule has 18 heavy (non-hydrogen) atoms. The number of sulfonamides is 1. The van der Waals surface area contributed by atoms with E-state index in [2.05, 4.69) is 9.97 Å². The molecule has 1 aromatic rings. The first-order chi connectivity index (χ1) is 8.29. The van der Waals surface area contributed by atoms with Crippen LogP contribution in [0.15, 0.2) is 6.20 Å². The van der Waals surface area contributed by atoms with Crippen LogP contribution in [0.5, 0.6) is 0 Å². The number of halogens is 2. The summed E-state index contributed by atoms with van der Waals surface area (Å²) in [6.45, 7) is -0.0896. The molecular weight excluding hydrogens is 303 g/mol. The van der Waals surface area contributed by atoms with E-state index in [4.69, 9.17) is 28.3 Å². The van der Waals surface area contributed by atoms with Crippen LogP contribution in [0.1, 0.15) is 6.42 Å². The van der Waals surface area contributed by atoms with Crippen molar-refractivity contribution >= 4 is 45.0 Å². The van der Waals surface area contributed by atoms with Gasteiger partial charge in [0.1, 0.15) is 10.4 Å². The van der Waals surface area contributed by atoms with Gasteiger partial charge in [-0.2, -0.15) is 0 Å². The van der Waals surface area contributed by atoms with E-state index in [0.29, 0.717) is 0 Å². The molecule has 1 aliphatic rings. The number of rotatable bonds is 2. The Labute approximate surface area is 113 Å². The van der Waals surface area contributed by atoms with Crippen LogP contribution < -0.4 is 10.0 Å². The molecule has 1 amide bonds. The number of hydrogen-bond acceptors (Lipinski definition) is 5. The van der Waals surface area contributed by atoms with E-state index >= 15 is 0 Å². The average molecular weight is 311 g/mol. The van der Waals surface area contributed by atoms with Gasteiger partial charge in [-0.3, -0.25) is 9.69 Å². The number of carbonyl (C=O) groups is 1. The van der Waals surface area contributed by atoms with Gasteiger partial charge in [0, 0.05) is 13.0 Å². The minimum atomic E-state index is -3.78. The molecule has 0 aromatic carbocycles. The molecule has 0 saturated carbocycles. The van der Waals surface area contributed by atoms with Crippen molar-refractivity contribution in [1.29, 1.82) is 0 Å². The molecule has 2 N–H and O–H groups in total. The molecule has 1 fully saturated rings. The van der Waals surface area contributed by atoms with Crippen molar-refractivity contribution in [3.63, 3.8) is 0 Å². The van der Waals surface area contributed by atoms with E-state index in [1.165, 1.54) is 6.20 Å². The van der Waals surface area contributed by atoms with Crippen LogP contribution in [0.2, 0.25) is 10.3 Å². The fourth-order valence-corrected chi connectivity index (χ4v) is 2.77. The van der Waals surface area contributed by atoms with Gasteiger partial charge in [0.25, 0.3) is 0 Å². The van der Waals surface area contributed by atoms with E-state index < -0.39 is 21.2 Å². The summed E-state index contributed by atoms with van der Waals surface area (Å²) in [5.74, 6) is -0.343. The van der Waals surface area contributed by atoms with Crippen LogP contribution in [-0.4, -0.2) is 36.1 Å². The number of amides is 1. The zero-order chi connectivity index (χ0) is 13.5. The summed E-state index contributed by atoms with van der Waals surface area (Å²) in [4.78, 5) is 20.5. The molecule has 0 radical (unpaired) electrons. The molecule has 1 saturated heterocycles. The van der Waals surface area contributed by atoms with Crippen LogP contribution in [0.25, 0.3) is 0 Å². The van der Waals surface area contributed by atoms with Gasteiger partial charge in [0.2, 0.25) is 15.9 Å². The predicted molar refractivity (Wildman–Crippen MR) is 65.9 cm³/mol. The molecule has 1 unspecified atom stereocenters. The normalized spacial score (nSPS) is 20.5. The van der Waals surface area contributed by atoms with Crippen molar-refractivity contribution < 1.29 is 13.2 Å². The monoisotopic (exact) mass is 310 g/mol. The van der Waals surface area contributed by atoms with Crippen LogP contribution in [0, 0.1) is 0 Å². The maximum absolute atomic E-state index is 11.7. The topological polar surface area (TPSA) is 106 Å². The third-order valence-electron chi connectivity index (χ3n) is 2.49. The number of nitrogens with two attached hydrogens (primary N) is 1. The molecule has 1 aromatic heterocycles. The fraction of sp³-hybridized carbons (Fsp3) is 0.375. The van der Waals surface area contributed by atoms with Crippen LogP contribution in [0.4, 0.5) is 5.82 Å². The first-order valence-corrected chi connectivity index (χ1v) is 7.15. The number of anilines is 1. The molecule has 10 heteroatoms. The van der Waals surface area contributed by atoms with Gasteiger partial charge in [0.15, 0.2) is 11.0 Å². The number of nitrogens with zero attached hydrogens (tertiary/aromatic N) is 3. The summed E-state index contributed by atoms with van der Waals surface area (Å²) in [6, 6.07) is 0. The number of carbonyl (C=O) groups excluding carboxylic acids is 1. The third kappa shape index (κ3) is 2.56. The number of primary sulfonamides is 1. The molecule has 2 rings (SSSR count). The highest BCUT2D eigenvalue weighted by Gasteiger charge is 2.38. The van der Waals surface area contributed by atoms with Gasteiger partial charge in [-0.05, 0) is 0 Å². The molecule has 7 nitrogen and oxygen atoms in total. The van der Waals surface area contributed by atoms with Gasteiger partial charge in [-0.25, -0.2) is 23.5 Å². The highest BCUT2D eigenvalue weighted by atomic mass is 35.5. The predicted octanol–water partition coefficient (Wildman–Crippen LogP) is 0.177. The SMILES string of the molecule is NS(=O)(=O)C1CC(=O)N(c2ncc(Cl)nc2Cl)C1. The highest BCUT2D eigenvalue weighted by molar-refractivity contribution is 7.89. The van der Waals surface area contributed by atoms with Crippen LogP contribution >= 0.6 is 23.2 Å². The lowest BCUT2D eigenvalue weighted by Crippen LogP contribution is -2.32. The molecule has 1 aliphatic heterocycles. The highest BCUT2D eigenvalue weighted by Crippen LogP contribution is 2.28. The van der Waals surface area contributed by atoms with Crippen molar-refractivity contribution in [1.82, 2.24) is 9.97 Å². The lowest BCUT2D eigenvalue weighted by atomic mass is 10.4. The Morgan fingerprint density at radius 2 is 2.11 bits per heavy atom. The second-order valence-electron chi connectivity index (χ2n) is 3.73.